The van der Waals surface area contributed by atoms with Gasteiger partial charge in [0.1, 0.15) is 5.75 Å². The summed E-state index contributed by atoms with van der Waals surface area (Å²) in [6.45, 7) is 2.72. The van der Waals surface area contributed by atoms with Gasteiger partial charge in [0.2, 0.25) is 0 Å². The van der Waals surface area contributed by atoms with Crippen molar-refractivity contribution in [2.45, 2.75) is 13.3 Å². The number of carbonyl (C=O) groups excluding carboxylic acids is 1. The minimum atomic E-state index is -0.360. The quantitative estimate of drug-likeness (QED) is 0.503. The van der Waals surface area contributed by atoms with Crippen molar-refractivity contribution in [2.75, 3.05) is 18.9 Å². The fraction of sp³-hybridized carbons (Fsp3) is 0.235. The summed E-state index contributed by atoms with van der Waals surface area (Å²) < 4.78 is 10.7. The van der Waals surface area contributed by atoms with Gasteiger partial charge < -0.3 is 15.2 Å². The first-order valence-corrected chi connectivity index (χ1v) is 6.88. The summed E-state index contributed by atoms with van der Waals surface area (Å²) in [7, 11) is 0. The van der Waals surface area contributed by atoms with E-state index in [1.165, 1.54) is 0 Å². The number of esters is 1. The van der Waals surface area contributed by atoms with Crippen molar-refractivity contribution >= 4 is 11.7 Å². The second-order valence-corrected chi connectivity index (χ2v) is 4.72. The standard InChI is InChI=1S/C17H19NO3/c1-13-8-9-14(12-16(13)18)17(19)21-11-5-10-20-15-6-3-2-4-7-15/h2-4,6-9,12H,5,10-11,18H2,1H3. The third-order valence-electron chi connectivity index (χ3n) is 3.05. The Hall–Kier alpha value is -2.49. The molecule has 0 saturated heterocycles. The van der Waals surface area contributed by atoms with Crippen molar-refractivity contribution < 1.29 is 14.3 Å². The monoisotopic (exact) mass is 285 g/mol. The van der Waals surface area contributed by atoms with Crippen LogP contribution < -0.4 is 10.5 Å². The van der Waals surface area contributed by atoms with Gasteiger partial charge in [-0.05, 0) is 36.8 Å². The number of para-hydroxylation sites is 1. The Bertz CT molecular complexity index is 596. The molecule has 0 fully saturated rings. The number of hydrogen-bond acceptors (Lipinski definition) is 4. The highest BCUT2D eigenvalue weighted by Gasteiger charge is 2.08. The summed E-state index contributed by atoms with van der Waals surface area (Å²) in [5.41, 5.74) is 7.79. The number of nitrogen functional groups attached to an aromatic ring is 1. The average Bonchev–Trinajstić information content (AvgIpc) is 2.50. The zero-order valence-electron chi connectivity index (χ0n) is 12.0. The van der Waals surface area contributed by atoms with E-state index < -0.39 is 0 Å². The van der Waals surface area contributed by atoms with Crippen molar-refractivity contribution in [3.05, 3.63) is 59.7 Å². The SMILES string of the molecule is Cc1ccc(C(=O)OCCCOc2ccccc2)cc1N. The molecule has 2 N–H and O–H groups in total. The highest BCUT2D eigenvalue weighted by Crippen LogP contribution is 2.14. The normalized spacial score (nSPS) is 10.1. The van der Waals surface area contributed by atoms with Crippen LogP contribution in [0.4, 0.5) is 5.69 Å². The number of hydrogen-bond donors (Lipinski definition) is 1. The first-order valence-electron chi connectivity index (χ1n) is 6.88. The molecule has 2 aromatic carbocycles. The van der Waals surface area contributed by atoms with Gasteiger partial charge in [0, 0.05) is 12.1 Å². The Kier molecular flexibility index (Phi) is 5.21. The van der Waals surface area contributed by atoms with E-state index in [-0.39, 0.29) is 5.97 Å². The van der Waals surface area contributed by atoms with Crippen LogP contribution in [0, 0.1) is 6.92 Å². The summed E-state index contributed by atoms with van der Waals surface area (Å²) in [4.78, 5) is 11.8. The second kappa shape index (κ2) is 7.33. The maximum atomic E-state index is 11.8. The van der Waals surface area contributed by atoms with Crippen LogP contribution in [0.15, 0.2) is 48.5 Å². The van der Waals surface area contributed by atoms with E-state index in [0.29, 0.717) is 30.9 Å². The fourth-order valence-corrected chi connectivity index (χ4v) is 1.78. The third-order valence-corrected chi connectivity index (χ3v) is 3.05. The minimum Gasteiger partial charge on any atom is -0.493 e. The van der Waals surface area contributed by atoms with Crippen molar-refractivity contribution in [1.29, 1.82) is 0 Å². The maximum Gasteiger partial charge on any atom is 0.338 e. The number of nitrogens with two attached hydrogens (primary N) is 1. The van der Waals surface area contributed by atoms with Crippen LogP contribution in [0.3, 0.4) is 0 Å². The van der Waals surface area contributed by atoms with Crippen molar-refractivity contribution in [3.63, 3.8) is 0 Å². The van der Waals surface area contributed by atoms with Crippen LogP contribution in [0.2, 0.25) is 0 Å². The molecule has 21 heavy (non-hydrogen) atoms. The maximum absolute atomic E-state index is 11.8. The van der Waals surface area contributed by atoms with Crippen LogP contribution in [0.25, 0.3) is 0 Å². The molecule has 0 heterocycles. The summed E-state index contributed by atoms with van der Waals surface area (Å²) in [6.07, 6.45) is 0.641. The van der Waals surface area contributed by atoms with Crippen LogP contribution in [-0.2, 0) is 4.74 Å². The molecule has 4 nitrogen and oxygen atoms in total. The van der Waals surface area contributed by atoms with E-state index in [0.717, 1.165) is 11.3 Å². The largest absolute Gasteiger partial charge is 0.493 e. The van der Waals surface area contributed by atoms with Gasteiger partial charge in [-0.2, -0.15) is 0 Å². The molecule has 0 aromatic heterocycles. The van der Waals surface area contributed by atoms with Gasteiger partial charge in [-0.3, -0.25) is 0 Å². The molecule has 0 spiro atoms. The van der Waals surface area contributed by atoms with Gasteiger partial charge in [-0.1, -0.05) is 24.3 Å². The molecular formula is C17H19NO3. The Morgan fingerprint density at radius 1 is 1.10 bits per heavy atom. The Labute approximate surface area is 124 Å². The van der Waals surface area contributed by atoms with Gasteiger partial charge in [-0.25, -0.2) is 4.79 Å². The Morgan fingerprint density at radius 2 is 1.86 bits per heavy atom. The highest BCUT2D eigenvalue weighted by molar-refractivity contribution is 5.90. The summed E-state index contributed by atoms with van der Waals surface area (Å²) >= 11 is 0. The van der Waals surface area contributed by atoms with E-state index in [2.05, 4.69) is 0 Å². The highest BCUT2D eigenvalue weighted by atomic mass is 16.5. The molecule has 4 heteroatoms. The number of aryl methyl sites for hydroxylation is 1. The van der Waals surface area contributed by atoms with Gasteiger partial charge in [0.25, 0.3) is 0 Å². The topological polar surface area (TPSA) is 61.5 Å². The molecule has 0 saturated carbocycles. The van der Waals surface area contributed by atoms with Gasteiger partial charge >= 0.3 is 5.97 Å². The Balaban J connectivity index is 1.71. The van der Waals surface area contributed by atoms with E-state index in [1.807, 2.05) is 43.3 Å². The number of ether oxygens (including phenoxy) is 2. The molecule has 2 rings (SSSR count). The number of carbonyl (C=O) groups is 1. The van der Waals surface area contributed by atoms with Crippen LogP contribution in [-0.4, -0.2) is 19.2 Å². The van der Waals surface area contributed by atoms with Gasteiger partial charge in [-0.15, -0.1) is 0 Å². The molecule has 0 radical (unpaired) electrons. The molecule has 0 aliphatic carbocycles. The van der Waals surface area contributed by atoms with Crippen molar-refractivity contribution in [3.8, 4) is 5.75 Å². The first-order chi connectivity index (χ1) is 10.2. The molecule has 110 valence electrons. The van der Waals surface area contributed by atoms with E-state index >= 15 is 0 Å². The fourth-order valence-electron chi connectivity index (χ4n) is 1.78. The molecule has 0 amide bonds. The first kappa shape index (κ1) is 14.9. The average molecular weight is 285 g/mol. The predicted octanol–water partition coefficient (Wildman–Crippen LogP) is 3.20. The zero-order chi connectivity index (χ0) is 15.1. The number of benzene rings is 2. The molecule has 2 aromatic rings. The number of anilines is 1. The lowest BCUT2D eigenvalue weighted by Crippen LogP contribution is -2.09. The van der Waals surface area contributed by atoms with E-state index in [4.69, 9.17) is 15.2 Å². The third kappa shape index (κ3) is 4.53. The molecular weight excluding hydrogens is 266 g/mol. The van der Waals surface area contributed by atoms with Crippen LogP contribution >= 0.6 is 0 Å². The summed E-state index contributed by atoms with van der Waals surface area (Å²) in [5, 5.41) is 0. The lowest BCUT2D eigenvalue weighted by Gasteiger charge is -2.08. The van der Waals surface area contributed by atoms with Crippen LogP contribution in [0.1, 0.15) is 22.3 Å². The summed E-state index contributed by atoms with van der Waals surface area (Å²) in [5.74, 6) is 0.455. The molecule has 0 atom stereocenters. The van der Waals surface area contributed by atoms with Crippen molar-refractivity contribution in [1.82, 2.24) is 0 Å². The molecule has 0 aliphatic heterocycles. The van der Waals surface area contributed by atoms with E-state index in [9.17, 15) is 4.79 Å². The zero-order valence-corrected chi connectivity index (χ0v) is 12.0. The molecule has 0 unspecified atom stereocenters. The number of rotatable bonds is 6. The second-order valence-electron chi connectivity index (χ2n) is 4.72. The van der Waals surface area contributed by atoms with Gasteiger partial charge in [0.15, 0.2) is 0 Å². The van der Waals surface area contributed by atoms with E-state index in [1.54, 1.807) is 12.1 Å². The molecule has 0 aliphatic rings. The van der Waals surface area contributed by atoms with Crippen LogP contribution in [0.5, 0.6) is 5.75 Å². The Morgan fingerprint density at radius 3 is 2.57 bits per heavy atom. The smallest absolute Gasteiger partial charge is 0.338 e. The predicted molar refractivity (Wildman–Crippen MR) is 82.4 cm³/mol. The van der Waals surface area contributed by atoms with Crippen molar-refractivity contribution in [2.24, 2.45) is 0 Å². The van der Waals surface area contributed by atoms with Gasteiger partial charge in [0.05, 0.1) is 18.8 Å². The molecule has 0 bridgehead atoms. The minimum absolute atomic E-state index is 0.319. The summed E-state index contributed by atoms with van der Waals surface area (Å²) in [6, 6.07) is 14.7. The lowest BCUT2D eigenvalue weighted by molar-refractivity contribution is 0.0486. The lowest BCUT2D eigenvalue weighted by atomic mass is 10.1.